The Kier molecular flexibility index (Phi) is 1.53. The van der Waals surface area contributed by atoms with E-state index < -0.39 is 0 Å². The van der Waals surface area contributed by atoms with Crippen molar-refractivity contribution in [2.24, 2.45) is 5.29 Å². The molecule has 0 unspecified atom stereocenters. The van der Waals surface area contributed by atoms with E-state index in [2.05, 4.69) is 10.4 Å². The van der Waals surface area contributed by atoms with Gasteiger partial charge in [-0.05, 0) is 12.1 Å². The second-order valence-electron chi connectivity index (χ2n) is 2.45. The zero-order chi connectivity index (χ0) is 9.26. The zero-order valence-electron chi connectivity index (χ0n) is 6.51. The third kappa shape index (κ3) is 0.964. The van der Waals surface area contributed by atoms with E-state index in [4.69, 9.17) is 5.26 Å². The molecule has 5 nitrogen and oxygen atoms in total. The Morgan fingerprint density at radius 3 is 2.92 bits per heavy atom. The van der Waals surface area contributed by atoms with Crippen molar-refractivity contribution in [3.63, 3.8) is 0 Å². The van der Waals surface area contributed by atoms with Crippen LogP contribution in [-0.4, -0.2) is 9.89 Å². The number of rotatable bonds is 1. The van der Waals surface area contributed by atoms with E-state index in [1.165, 1.54) is 0 Å². The van der Waals surface area contributed by atoms with Crippen LogP contribution < -0.4 is 0 Å². The molecule has 0 saturated carbocycles. The third-order valence-electron chi connectivity index (χ3n) is 1.75. The molecular weight excluding hydrogens is 168 g/mol. The summed E-state index contributed by atoms with van der Waals surface area (Å²) in [5.74, 6) is 0. The second-order valence-corrected chi connectivity index (χ2v) is 2.45. The molecule has 5 heteroatoms. The van der Waals surface area contributed by atoms with Crippen LogP contribution in [0.15, 0.2) is 29.6 Å². The van der Waals surface area contributed by atoms with E-state index in [0.29, 0.717) is 10.9 Å². The van der Waals surface area contributed by atoms with Crippen LogP contribution in [0.25, 0.3) is 10.9 Å². The van der Waals surface area contributed by atoms with Gasteiger partial charge in [-0.15, -0.1) is 14.8 Å². The van der Waals surface area contributed by atoms with Gasteiger partial charge in [0.05, 0.1) is 10.8 Å². The molecule has 0 saturated heterocycles. The summed E-state index contributed by atoms with van der Waals surface area (Å²) in [6.45, 7) is 0. The van der Waals surface area contributed by atoms with E-state index in [9.17, 15) is 4.91 Å². The fourth-order valence-electron chi connectivity index (χ4n) is 1.20. The lowest BCUT2D eigenvalue weighted by Gasteiger charge is -1.87. The standard InChI is InChI=1S/C8H4N4O/c9-5-7-6-3-1-2-4-8(6)12(10-7)11-13/h1-4H. The van der Waals surface area contributed by atoms with Gasteiger partial charge in [-0.2, -0.15) is 5.26 Å². The van der Waals surface area contributed by atoms with Crippen molar-refractivity contribution in [3.05, 3.63) is 34.9 Å². The topological polar surface area (TPSA) is 71.0 Å². The van der Waals surface area contributed by atoms with Crippen LogP contribution >= 0.6 is 0 Å². The Labute approximate surface area is 73.1 Å². The molecule has 2 rings (SSSR count). The summed E-state index contributed by atoms with van der Waals surface area (Å²) >= 11 is 0. The van der Waals surface area contributed by atoms with Gasteiger partial charge in [0, 0.05) is 5.39 Å². The first-order valence-corrected chi connectivity index (χ1v) is 3.58. The molecule has 0 amide bonds. The fourth-order valence-corrected chi connectivity index (χ4v) is 1.20. The average Bonchev–Trinajstić information content (AvgIpc) is 2.56. The minimum atomic E-state index is 0.218. The van der Waals surface area contributed by atoms with Gasteiger partial charge in [0.25, 0.3) is 0 Å². The number of aromatic nitrogens is 2. The normalized spacial score (nSPS) is 9.77. The predicted molar refractivity (Wildman–Crippen MR) is 45.6 cm³/mol. The largest absolute Gasteiger partial charge is 0.191 e. The number of hydrogen-bond donors (Lipinski definition) is 0. The van der Waals surface area contributed by atoms with E-state index in [0.717, 1.165) is 4.79 Å². The molecular formula is C8H4N4O. The minimum Gasteiger partial charge on any atom is -0.191 e. The number of nitroso groups, excluding NO2 is 1. The van der Waals surface area contributed by atoms with E-state index >= 15 is 0 Å². The van der Waals surface area contributed by atoms with Crippen LogP contribution in [0.4, 0.5) is 0 Å². The number of nitriles is 1. The van der Waals surface area contributed by atoms with Gasteiger partial charge in [-0.3, -0.25) is 0 Å². The molecule has 1 heterocycles. The summed E-state index contributed by atoms with van der Waals surface area (Å²) in [5.41, 5.74) is 0.768. The average molecular weight is 172 g/mol. The summed E-state index contributed by atoms with van der Waals surface area (Å²) in [6, 6.07) is 8.84. The van der Waals surface area contributed by atoms with Crippen molar-refractivity contribution >= 4 is 10.9 Å². The molecule has 0 aliphatic heterocycles. The van der Waals surface area contributed by atoms with Crippen LogP contribution in [0.3, 0.4) is 0 Å². The van der Waals surface area contributed by atoms with Crippen molar-refractivity contribution in [1.29, 1.82) is 5.26 Å². The summed E-state index contributed by atoms with van der Waals surface area (Å²) in [7, 11) is 0. The van der Waals surface area contributed by atoms with Gasteiger partial charge < -0.3 is 0 Å². The maximum absolute atomic E-state index is 10.3. The van der Waals surface area contributed by atoms with Crippen molar-refractivity contribution in [3.8, 4) is 6.07 Å². The Morgan fingerprint density at radius 1 is 1.46 bits per heavy atom. The predicted octanol–water partition coefficient (Wildman–Crippen LogP) is 1.44. The molecule has 1 aromatic carbocycles. The van der Waals surface area contributed by atoms with Crippen molar-refractivity contribution < 1.29 is 0 Å². The molecule has 0 fully saturated rings. The molecule has 13 heavy (non-hydrogen) atoms. The lowest BCUT2D eigenvalue weighted by Crippen LogP contribution is -1.88. The lowest BCUT2D eigenvalue weighted by molar-refractivity contribution is 0.756. The van der Waals surface area contributed by atoms with Gasteiger partial charge in [0.15, 0.2) is 5.69 Å². The van der Waals surface area contributed by atoms with Crippen LogP contribution in [0, 0.1) is 16.2 Å². The number of fused-ring (bicyclic) bond motifs is 1. The molecule has 1 aromatic heterocycles. The monoisotopic (exact) mass is 172 g/mol. The van der Waals surface area contributed by atoms with Crippen LogP contribution in [0.2, 0.25) is 0 Å². The number of hydrogen-bond acceptors (Lipinski definition) is 4. The second kappa shape index (κ2) is 2.68. The minimum absolute atomic E-state index is 0.218. The van der Waals surface area contributed by atoms with Crippen LogP contribution in [0.1, 0.15) is 5.69 Å². The number of nitrogens with zero attached hydrogens (tertiary/aromatic N) is 4. The summed E-state index contributed by atoms with van der Waals surface area (Å²) < 4.78 is 0. The molecule has 2 aromatic rings. The molecule has 0 N–H and O–H groups in total. The first-order valence-electron chi connectivity index (χ1n) is 3.58. The Bertz CT molecular complexity index is 508. The van der Waals surface area contributed by atoms with Gasteiger partial charge in [-0.25, -0.2) is 0 Å². The number of benzene rings is 1. The Morgan fingerprint density at radius 2 is 2.23 bits per heavy atom. The first-order chi connectivity index (χ1) is 6.36. The van der Waals surface area contributed by atoms with Crippen LogP contribution in [0.5, 0.6) is 0 Å². The smallest absolute Gasteiger partial charge is 0.172 e. The van der Waals surface area contributed by atoms with E-state index in [1.54, 1.807) is 24.3 Å². The quantitative estimate of drug-likeness (QED) is 0.611. The van der Waals surface area contributed by atoms with Crippen molar-refractivity contribution in [2.45, 2.75) is 0 Å². The van der Waals surface area contributed by atoms with Crippen molar-refractivity contribution in [1.82, 2.24) is 9.89 Å². The summed E-state index contributed by atoms with van der Waals surface area (Å²) in [4.78, 5) is 11.2. The third-order valence-corrected chi connectivity index (χ3v) is 1.75. The SMILES string of the molecule is N#Cc1nn(N=O)c2ccccc12. The van der Waals surface area contributed by atoms with Crippen LogP contribution in [-0.2, 0) is 0 Å². The Hall–Kier alpha value is -2.22. The van der Waals surface area contributed by atoms with E-state index in [-0.39, 0.29) is 5.69 Å². The maximum atomic E-state index is 10.3. The maximum Gasteiger partial charge on any atom is 0.172 e. The lowest BCUT2D eigenvalue weighted by atomic mass is 10.2. The van der Waals surface area contributed by atoms with Gasteiger partial charge in [0.1, 0.15) is 6.07 Å². The molecule has 0 radical (unpaired) electrons. The van der Waals surface area contributed by atoms with Gasteiger partial charge in [0.2, 0.25) is 0 Å². The van der Waals surface area contributed by atoms with Gasteiger partial charge in [-0.1, -0.05) is 12.1 Å². The highest BCUT2D eigenvalue weighted by molar-refractivity contribution is 5.83. The molecule has 0 aliphatic rings. The highest BCUT2D eigenvalue weighted by Crippen LogP contribution is 2.16. The van der Waals surface area contributed by atoms with Crippen molar-refractivity contribution in [2.75, 3.05) is 0 Å². The molecule has 0 aliphatic carbocycles. The molecule has 0 atom stereocenters. The highest BCUT2D eigenvalue weighted by atomic mass is 16.3. The number of para-hydroxylation sites is 1. The summed E-state index contributed by atoms with van der Waals surface area (Å²) in [5, 5.41) is 15.7. The molecule has 0 bridgehead atoms. The van der Waals surface area contributed by atoms with Gasteiger partial charge >= 0.3 is 0 Å². The Balaban J connectivity index is 2.92. The van der Waals surface area contributed by atoms with E-state index in [1.807, 2.05) is 6.07 Å². The highest BCUT2D eigenvalue weighted by Gasteiger charge is 2.08. The molecule has 62 valence electrons. The molecule has 0 spiro atoms. The zero-order valence-corrected chi connectivity index (χ0v) is 6.51. The fraction of sp³-hybridized carbons (Fsp3) is 0. The first kappa shape index (κ1) is 7.43. The summed E-state index contributed by atoms with van der Waals surface area (Å²) in [6.07, 6.45) is 0.